The van der Waals surface area contributed by atoms with Crippen molar-refractivity contribution in [1.82, 2.24) is 14.8 Å². The van der Waals surface area contributed by atoms with Crippen LogP contribution in [0.4, 0.5) is 10.1 Å². The van der Waals surface area contributed by atoms with Crippen molar-refractivity contribution in [2.45, 2.75) is 37.1 Å². The van der Waals surface area contributed by atoms with Crippen molar-refractivity contribution in [3.05, 3.63) is 71.3 Å². The van der Waals surface area contributed by atoms with Crippen molar-refractivity contribution >= 4 is 35.1 Å². The molecule has 0 aliphatic carbocycles. The summed E-state index contributed by atoms with van der Waals surface area (Å²) in [6.07, 6.45) is 0. The number of aromatic nitrogens is 3. The molecule has 0 bridgehead atoms. The van der Waals surface area contributed by atoms with Gasteiger partial charge in [-0.05, 0) is 43.2 Å². The Morgan fingerprint density at radius 2 is 1.86 bits per heavy atom. The number of halogens is 1. The third kappa shape index (κ3) is 6.08. The molecule has 1 amide bonds. The van der Waals surface area contributed by atoms with Crippen molar-refractivity contribution in [2.75, 3.05) is 11.1 Å². The molecule has 0 spiro atoms. The van der Waals surface area contributed by atoms with E-state index in [1.807, 2.05) is 42.7 Å². The number of para-hydroxylation sites is 1. The summed E-state index contributed by atoms with van der Waals surface area (Å²) < 4.78 is 15.0. The molecule has 1 heterocycles. The number of carbonyl (C=O) groups is 1. The second-order valence-electron chi connectivity index (χ2n) is 6.41. The summed E-state index contributed by atoms with van der Waals surface area (Å²) in [5.41, 5.74) is 2.93. The summed E-state index contributed by atoms with van der Waals surface area (Å²) in [4.78, 5) is 12.3. The van der Waals surface area contributed by atoms with Gasteiger partial charge in [0, 0.05) is 18.0 Å². The van der Waals surface area contributed by atoms with E-state index in [1.54, 1.807) is 23.9 Å². The van der Waals surface area contributed by atoms with Crippen molar-refractivity contribution in [2.24, 2.45) is 0 Å². The zero-order valence-electron chi connectivity index (χ0n) is 16.4. The Bertz CT molecular complexity index is 960. The van der Waals surface area contributed by atoms with Gasteiger partial charge in [-0.15, -0.1) is 22.0 Å². The fraction of sp³-hybridized carbons (Fsp3) is 0.286. The smallest absolute Gasteiger partial charge is 0.234 e. The van der Waals surface area contributed by atoms with Gasteiger partial charge in [0.25, 0.3) is 0 Å². The summed E-state index contributed by atoms with van der Waals surface area (Å²) in [7, 11) is 0. The SMILES string of the molecule is CCn1c(CSCc2ccc(F)cc2)nnc1SCC(=O)Nc1ccccc1C. The van der Waals surface area contributed by atoms with E-state index in [1.165, 1.54) is 23.9 Å². The minimum atomic E-state index is -0.224. The first-order valence-electron chi connectivity index (χ1n) is 9.29. The topological polar surface area (TPSA) is 59.8 Å². The Balaban J connectivity index is 1.52. The van der Waals surface area contributed by atoms with Crippen LogP contribution in [-0.4, -0.2) is 26.4 Å². The molecule has 2 aromatic carbocycles. The zero-order chi connectivity index (χ0) is 20.6. The molecule has 3 aromatic rings. The summed E-state index contributed by atoms with van der Waals surface area (Å²) in [5.74, 6) is 2.34. The third-order valence-corrected chi connectivity index (χ3v) is 6.24. The maximum atomic E-state index is 13.0. The van der Waals surface area contributed by atoms with Crippen LogP contribution in [-0.2, 0) is 22.8 Å². The molecule has 0 saturated heterocycles. The molecule has 29 heavy (non-hydrogen) atoms. The van der Waals surface area contributed by atoms with Crippen LogP contribution in [0.1, 0.15) is 23.9 Å². The van der Waals surface area contributed by atoms with E-state index in [2.05, 4.69) is 15.5 Å². The Morgan fingerprint density at radius 1 is 1.10 bits per heavy atom. The number of hydrogen-bond donors (Lipinski definition) is 1. The molecular formula is C21H23FN4OS2. The van der Waals surface area contributed by atoms with Crippen LogP contribution in [0.5, 0.6) is 0 Å². The number of rotatable bonds is 9. The molecule has 152 valence electrons. The molecule has 5 nitrogen and oxygen atoms in total. The number of thioether (sulfide) groups is 2. The normalized spacial score (nSPS) is 10.9. The lowest BCUT2D eigenvalue weighted by molar-refractivity contribution is -0.113. The molecule has 0 aliphatic rings. The highest BCUT2D eigenvalue weighted by Crippen LogP contribution is 2.22. The number of carbonyl (C=O) groups excluding carboxylic acids is 1. The third-order valence-electron chi connectivity index (χ3n) is 4.27. The van der Waals surface area contributed by atoms with E-state index in [0.717, 1.165) is 40.1 Å². The highest BCUT2D eigenvalue weighted by Gasteiger charge is 2.13. The van der Waals surface area contributed by atoms with Gasteiger partial charge in [0.05, 0.1) is 11.5 Å². The number of amides is 1. The van der Waals surface area contributed by atoms with Crippen LogP contribution in [0.15, 0.2) is 53.7 Å². The minimum Gasteiger partial charge on any atom is -0.325 e. The molecule has 0 aliphatic heterocycles. The van der Waals surface area contributed by atoms with Crippen LogP contribution < -0.4 is 5.32 Å². The average Bonchev–Trinajstić information content (AvgIpc) is 3.11. The molecule has 1 N–H and O–H groups in total. The van der Waals surface area contributed by atoms with E-state index < -0.39 is 0 Å². The largest absolute Gasteiger partial charge is 0.325 e. The quantitative estimate of drug-likeness (QED) is 0.489. The summed E-state index contributed by atoms with van der Waals surface area (Å²) in [6, 6.07) is 14.2. The Morgan fingerprint density at radius 3 is 2.59 bits per heavy atom. The highest BCUT2D eigenvalue weighted by atomic mass is 32.2. The minimum absolute atomic E-state index is 0.0674. The van der Waals surface area contributed by atoms with Crippen molar-refractivity contribution in [3.8, 4) is 0 Å². The predicted molar refractivity (Wildman–Crippen MR) is 118 cm³/mol. The van der Waals surface area contributed by atoms with Gasteiger partial charge in [-0.1, -0.05) is 42.1 Å². The number of benzene rings is 2. The standard InChI is InChI=1S/C21H23FN4OS2/c1-3-26-19(13-28-12-16-8-10-17(22)11-9-16)24-25-21(26)29-14-20(27)23-18-7-5-4-6-15(18)2/h4-11H,3,12-14H2,1-2H3,(H,23,27). The van der Waals surface area contributed by atoms with Crippen LogP contribution in [0.3, 0.4) is 0 Å². The Hall–Kier alpha value is -2.32. The Labute approximate surface area is 178 Å². The number of aryl methyl sites for hydroxylation is 1. The lowest BCUT2D eigenvalue weighted by Gasteiger charge is -2.09. The lowest BCUT2D eigenvalue weighted by Crippen LogP contribution is -2.15. The van der Waals surface area contributed by atoms with Crippen LogP contribution >= 0.6 is 23.5 Å². The predicted octanol–water partition coefficient (Wildman–Crippen LogP) is 4.91. The lowest BCUT2D eigenvalue weighted by atomic mass is 10.2. The average molecular weight is 431 g/mol. The second-order valence-corrected chi connectivity index (χ2v) is 8.34. The summed E-state index contributed by atoms with van der Waals surface area (Å²) >= 11 is 3.09. The van der Waals surface area contributed by atoms with Gasteiger partial charge in [-0.3, -0.25) is 4.79 Å². The number of nitrogens with one attached hydrogen (secondary N) is 1. The highest BCUT2D eigenvalue weighted by molar-refractivity contribution is 7.99. The molecule has 1 aromatic heterocycles. The zero-order valence-corrected chi connectivity index (χ0v) is 18.0. The van der Waals surface area contributed by atoms with Crippen molar-refractivity contribution in [3.63, 3.8) is 0 Å². The van der Waals surface area contributed by atoms with E-state index in [0.29, 0.717) is 5.75 Å². The Kier molecular flexibility index (Phi) is 7.71. The van der Waals surface area contributed by atoms with Gasteiger partial charge in [0.15, 0.2) is 5.16 Å². The molecular weight excluding hydrogens is 407 g/mol. The summed E-state index contributed by atoms with van der Waals surface area (Å²) in [5, 5.41) is 12.2. The van der Waals surface area contributed by atoms with E-state index in [4.69, 9.17) is 0 Å². The molecule has 0 radical (unpaired) electrons. The second kappa shape index (κ2) is 10.5. The maximum Gasteiger partial charge on any atom is 0.234 e. The molecule has 0 fully saturated rings. The fourth-order valence-corrected chi connectivity index (χ4v) is 4.47. The van der Waals surface area contributed by atoms with Crippen LogP contribution in [0.2, 0.25) is 0 Å². The summed E-state index contributed by atoms with van der Waals surface area (Å²) in [6.45, 7) is 4.74. The first-order valence-corrected chi connectivity index (χ1v) is 11.4. The number of hydrogen-bond acceptors (Lipinski definition) is 5. The fourth-order valence-electron chi connectivity index (χ4n) is 2.72. The maximum absolute atomic E-state index is 13.0. The van der Waals surface area contributed by atoms with E-state index in [9.17, 15) is 9.18 Å². The molecule has 8 heteroatoms. The van der Waals surface area contributed by atoms with E-state index in [-0.39, 0.29) is 17.5 Å². The molecule has 0 atom stereocenters. The van der Waals surface area contributed by atoms with Crippen LogP contribution in [0.25, 0.3) is 0 Å². The number of anilines is 1. The molecule has 0 unspecified atom stereocenters. The first-order chi connectivity index (χ1) is 14.1. The van der Waals surface area contributed by atoms with Gasteiger partial charge >= 0.3 is 0 Å². The van der Waals surface area contributed by atoms with Crippen molar-refractivity contribution < 1.29 is 9.18 Å². The van der Waals surface area contributed by atoms with Gasteiger partial charge in [0.2, 0.25) is 5.91 Å². The molecule has 0 saturated carbocycles. The van der Waals surface area contributed by atoms with Gasteiger partial charge in [0.1, 0.15) is 11.6 Å². The van der Waals surface area contributed by atoms with Crippen molar-refractivity contribution in [1.29, 1.82) is 0 Å². The van der Waals surface area contributed by atoms with Crippen LogP contribution in [0, 0.1) is 12.7 Å². The number of nitrogens with zero attached hydrogens (tertiary/aromatic N) is 3. The monoisotopic (exact) mass is 430 g/mol. The van der Waals surface area contributed by atoms with E-state index >= 15 is 0 Å². The molecule has 3 rings (SSSR count). The van der Waals surface area contributed by atoms with Gasteiger partial charge in [-0.2, -0.15) is 0 Å². The van der Waals surface area contributed by atoms with Gasteiger partial charge < -0.3 is 9.88 Å². The first kappa shape index (κ1) is 21.4. The van der Waals surface area contributed by atoms with Gasteiger partial charge in [-0.25, -0.2) is 4.39 Å².